The number of aliphatic imine (C=N–C) groups is 1. The lowest BCUT2D eigenvalue weighted by Crippen LogP contribution is -2.23. The lowest BCUT2D eigenvalue weighted by molar-refractivity contribution is -0.121. The monoisotopic (exact) mass is 549 g/mol. The molecule has 7 nitrogen and oxygen atoms in total. The molecule has 1 saturated heterocycles. The Labute approximate surface area is 193 Å². The lowest BCUT2D eigenvalue weighted by Gasteiger charge is -2.09. The second-order valence-corrected chi connectivity index (χ2v) is 8.70. The van der Waals surface area contributed by atoms with Crippen molar-refractivity contribution in [3.05, 3.63) is 61.4 Å². The third-order valence-corrected chi connectivity index (χ3v) is 6.18. The van der Waals surface area contributed by atoms with Crippen molar-refractivity contribution in [1.29, 1.82) is 5.26 Å². The molecule has 152 valence electrons. The van der Waals surface area contributed by atoms with E-state index >= 15 is 0 Å². The normalized spacial score (nSPS) is 16.2. The van der Waals surface area contributed by atoms with Gasteiger partial charge < -0.3 is 9.84 Å². The van der Waals surface area contributed by atoms with Crippen molar-refractivity contribution in [3.8, 4) is 11.8 Å². The van der Waals surface area contributed by atoms with Gasteiger partial charge in [0, 0.05) is 7.05 Å². The number of ether oxygens (including phenoxy) is 1. The number of thioether (sulfide) groups is 1. The first kappa shape index (κ1) is 22.1. The maximum atomic E-state index is 12.6. The van der Waals surface area contributed by atoms with Gasteiger partial charge in [0.15, 0.2) is 11.8 Å². The molecule has 2 aromatic rings. The molecule has 1 fully saturated rings. The summed E-state index contributed by atoms with van der Waals surface area (Å²) in [6.07, 6.45) is 1.74. The molecule has 1 aliphatic heterocycles. The molecule has 0 atom stereocenters. The average Bonchev–Trinajstić information content (AvgIpc) is 2.95. The molecule has 0 unspecified atom stereocenters. The third-order valence-electron chi connectivity index (χ3n) is 3.94. The number of likely N-dealkylation sites (N-methyl/N-ethyl adjacent to an activating group) is 1. The van der Waals surface area contributed by atoms with E-state index in [0.29, 0.717) is 30.5 Å². The molecule has 0 aliphatic carbocycles. The van der Waals surface area contributed by atoms with Gasteiger partial charge in [0.25, 0.3) is 5.91 Å². The van der Waals surface area contributed by atoms with E-state index in [1.54, 1.807) is 37.4 Å². The van der Waals surface area contributed by atoms with Crippen LogP contribution in [0, 0.1) is 11.3 Å². The molecule has 1 aliphatic rings. The maximum absolute atomic E-state index is 12.6. The number of hydrogen-bond acceptors (Lipinski definition) is 6. The van der Waals surface area contributed by atoms with Crippen LogP contribution in [0.5, 0.6) is 5.75 Å². The first-order valence-electron chi connectivity index (χ1n) is 8.38. The minimum Gasteiger partial charge on any atom is -0.478 e. The fourth-order valence-electron chi connectivity index (χ4n) is 2.50. The van der Waals surface area contributed by atoms with E-state index in [9.17, 15) is 9.59 Å². The van der Waals surface area contributed by atoms with Crippen LogP contribution in [0.4, 0.5) is 5.69 Å². The summed E-state index contributed by atoms with van der Waals surface area (Å²) in [6, 6.07) is 11.6. The van der Waals surface area contributed by atoms with E-state index in [4.69, 9.17) is 15.1 Å². The molecule has 1 heterocycles. The van der Waals surface area contributed by atoms with Crippen molar-refractivity contribution in [3.63, 3.8) is 0 Å². The van der Waals surface area contributed by atoms with Crippen molar-refractivity contribution in [2.24, 2.45) is 4.99 Å². The highest BCUT2D eigenvalue weighted by Gasteiger charge is 2.30. The lowest BCUT2D eigenvalue weighted by atomic mass is 10.2. The van der Waals surface area contributed by atoms with E-state index in [2.05, 4.69) is 36.9 Å². The number of carbonyl (C=O) groups is 2. The number of amidine groups is 1. The van der Waals surface area contributed by atoms with E-state index < -0.39 is 5.97 Å². The van der Waals surface area contributed by atoms with Crippen LogP contribution in [0.25, 0.3) is 6.08 Å². The Kier molecular flexibility index (Phi) is 6.97. The van der Waals surface area contributed by atoms with Crippen LogP contribution < -0.4 is 4.74 Å². The van der Waals surface area contributed by atoms with E-state index in [0.717, 1.165) is 5.56 Å². The summed E-state index contributed by atoms with van der Waals surface area (Å²) in [5.41, 5.74) is 1.48. The third kappa shape index (κ3) is 4.92. The summed E-state index contributed by atoms with van der Waals surface area (Å²) < 4.78 is 6.67. The number of amides is 1. The number of carbonyl (C=O) groups excluding carboxylic acids is 1. The summed E-state index contributed by atoms with van der Waals surface area (Å²) in [4.78, 5) is 30.0. The minimum atomic E-state index is -1.01. The number of benzene rings is 2. The Hall–Kier alpha value is -2.61. The zero-order chi connectivity index (χ0) is 21.8. The molecule has 0 bridgehead atoms. The molecule has 0 radical (unpaired) electrons. The fraction of sp³-hybridized carbons (Fsp3) is 0.100. The predicted octanol–water partition coefficient (Wildman–Crippen LogP) is 5.05. The van der Waals surface area contributed by atoms with Gasteiger partial charge in [-0.15, -0.1) is 0 Å². The Morgan fingerprint density at radius 2 is 1.93 bits per heavy atom. The Bertz CT molecular complexity index is 1100. The van der Waals surface area contributed by atoms with Gasteiger partial charge in [-0.2, -0.15) is 5.26 Å². The number of nitriles is 1. The van der Waals surface area contributed by atoms with Crippen LogP contribution in [-0.2, 0) is 4.79 Å². The van der Waals surface area contributed by atoms with E-state index in [-0.39, 0.29) is 18.1 Å². The fourth-order valence-corrected chi connectivity index (χ4v) is 4.93. The SMILES string of the molecule is CN1C(=O)/C(=C/c2cc(Br)c(OCC#N)c(Br)c2)SC1=Nc1ccc(C(=O)O)cc1. The highest BCUT2D eigenvalue weighted by Crippen LogP contribution is 2.38. The quantitative estimate of drug-likeness (QED) is 0.523. The first-order chi connectivity index (χ1) is 14.3. The van der Waals surface area contributed by atoms with Crippen LogP contribution in [0.2, 0.25) is 0 Å². The summed E-state index contributed by atoms with van der Waals surface area (Å²) >= 11 is 8.05. The number of aromatic carboxylic acids is 1. The highest BCUT2D eigenvalue weighted by molar-refractivity contribution is 9.11. The molecule has 1 N–H and O–H groups in total. The molecular weight excluding hydrogens is 538 g/mol. The number of nitrogens with zero attached hydrogens (tertiary/aromatic N) is 3. The van der Waals surface area contributed by atoms with Crippen molar-refractivity contribution in [2.75, 3.05) is 13.7 Å². The molecule has 30 heavy (non-hydrogen) atoms. The second kappa shape index (κ2) is 9.47. The summed E-state index contributed by atoms with van der Waals surface area (Å²) in [5, 5.41) is 18.1. The zero-order valence-corrected chi connectivity index (χ0v) is 19.4. The van der Waals surface area contributed by atoms with Gasteiger partial charge in [0.1, 0.15) is 11.8 Å². The first-order valence-corrected chi connectivity index (χ1v) is 10.8. The molecule has 10 heteroatoms. The smallest absolute Gasteiger partial charge is 0.335 e. The van der Waals surface area contributed by atoms with Crippen molar-refractivity contribution in [2.45, 2.75) is 0 Å². The van der Waals surface area contributed by atoms with Crippen LogP contribution in [0.3, 0.4) is 0 Å². The topological polar surface area (TPSA) is 103 Å². The summed E-state index contributed by atoms with van der Waals surface area (Å²) in [7, 11) is 1.63. The van der Waals surface area contributed by atoms with Gasteiger partial charge in [-0.3, -0.25) is 9.69 Å². The van der Waals surface area contributed by atoms with E-state index in [1.807, 2.05) is 6.07 Å². The Balaban J connectivity index is 1.86. The second-order valence-electron chi connectivity index (χ2n) is 5.98. The molecule has 2 aromatic carbocycles. The number of carboxylic acid groups (broad SMARTS) is 1. The number of hydrogen-bond donors (Lipinski definition) is 1. The van der Waals surface area contributed by atoms with Crippen LogP contribution >= 0.6 is 43.6 Å². The van der Waals surface area contributed by atoms with Gasteiger partial charge in [-0.25, -0.2) is 9.79 Å². The Morgan fingerprint density at radius 3 is 2.50 bits per heavy atom. The van der Waals surface area contributed by atoms with Crippen molar-refractivity contribution < 1.29 is 19.4 Å². The number of halogens is 2. The number of rotatable bonds is 5. The average molecular weight is 551 g/mol. The van der Waals surface area contributed by atoms with Gasteiger partial charge in [0.05, 0.1) is 25.1 Å². The molecule has 1 amide bonds. The minimum absolute atomic E-state index is 0.0793. The van der Waals surface area contributed by atoms with Gasteiger partial charge >= 0.3 is 5.97 Å². The number of carboxylic acids is 1. The predicted molar refractivity (Wildman–Crippen MR) is 122 cm³/mol. The van der Waals surface area contributed by atoms with Crippen molar-refractivity contribution in [1.82, 2.24) is 4.90 Å². The summed E-state index contributed by atoms with van der Waals surface area (Å²) in [6.45, 7) is -0.0793. The van der Waals surface area contributed by atoms with Gasteiger partial charge in [-0.1, -0.05) is 0 Å². The molecule has 0 saturated carbocycles. The summed E-state index contributed by atoms with van der Waals surface area (Å²) in [5.74, 6) is -0.699. The molecular formula is C20H13Br2N3O4S. The van der Waals surface area contributed by atoms with Crippen LogP contribution in [-0.4, -0.2) is 40.7 Å². The standard InChI is InChI=1S/C20H13Br2N3O4S/c1-25-18(26)16(10-11-8-14(21)17(15(22)9-11)29-7-6-23)30-20(25)24-13-4-2-12(3-5-13)19(27)28/h2-5,8-10H,7H2,1H3,(H,27,28)/b16-10-,24-20?. The highest BCUT2D eigenvalue weighted by atomic mass is 79.9. The van der Waals surface area contributed by atoms with Crippen LogP contribution in [0.15, 0.2) is 55.2 Å². The van der Waals surface area contributed by atoms with Crippen LogP contribution in [0.1, 0.15) is 15.9 Å². The maximum Gasteiger partial charge on any atom is 0.335 e. The van der Waals surface area contributed by atoms with Crippen molar-refractivity contribution >= 4 is 72.4 Å². The zero-order valence-electron chi connectivity index (χ0n) is 15.4. The molecule has 0 aromatic heterocycles. The van der Waals surface area contributed by atoms with E-state index in [1.165, 1.54) is 28.8 Å². The largest absolute Gasteiger partial charge is 0.478 e. The van der Waals surface area contributed by atoms with Gasteiger partial charge in [-0.05, 0) is 91.7 Å². The molecule has 0 spiro atoms. The van der Waals surface area contributed by atoms with Gasteiger partial charge in [0.2, 0.25) is 0 Å². The Morgan fingerprint density at radius 1 is 1.30 bits per heavy atom. The molecule has 3 rings (SSSR count).